The molecule has 1 atom stereocenters. The molecule has 1 aliphatic heterocycles. The molecule has 0 bridgehead atoms. The van der Waals surface area contributed by atoms with E-state index in [1.165, 1.54) is 0 Å². The van der Waals surface area contributed by atoms with Crippen LogP contribution in [0.5, 0.6) is 5.75 Å². The lowest BCUT2D eigenvalue weighted by atomic mass is 10.1. The predicted molar refractivity (Wildman–Crippen MR) is 77.3 cm³/mol. The van der Waals surface area contributed by atoms with Crippen molar-refractivity contribution < 1.29 is 14.6 Å². The summed E-state index contributed by atoms with van der Waals surface area (Å²) in [6.45, 7) is 5.38. The van der Waals surface area contributed by atoms with Crippen molar-refractivity contribution in [2.45, 2.75) is 19.5 Å². The molecule has 1 saturated heterocycles. The number of carboxylic acids is 1. The van der Waals surface area contributed by atoms with E-state index < -0.39 is 5.97 Å². The molecule has 5 nitrogen and oxygen atoms in total. The van der Waals surface area contributed by atoms with Gasteiger partial charge in [0.15, 0.2) is 6.61 Å². The van der Waals surface area contributed by atoms with E-state index in [1.807, 2.05) is 6.07 Å². The lowest BCUT2D eigenvalue weighted by Crippen LogP contribution is -2.49. The second-order valence-corrected chi connectivity index (χ2v) is 5.39. The largest absolute Gasteiger partial charge is 0.482 e. The smallest absolute Gasteiger partial charge is 0.341 e. The summed E-state index contributed by atoms with van der Waals surface area (Å²) in [5.41, 5.74) is 0.924. The number of halogens is 1. The summed E-state index contributed by atoms with van der Waals surface area (Å²) in [6, 6.07) is 5.71. The normalized spacial score (nSPS) is 19.8. The Balaban J connectivity index is 2.11. The summed E-state index contributed by atoms with van der Waals surface area (Å²) >= 11 is 6.03. The first-order valence-electron chi connectivity index (χ1n) is 6.64. The number of aliphatic carboxylic acids is 1. The highest BCUT2D eigenvalue weighted by molar-refractivity contribution is 6.30. The molecule has 0 radical (unpaired) electrons. The summed E-state index contributed by atoms with van der Waals surface area (Å²) in [5.74, 6) is -0.399. The van der Waals surface area contributed by atoms with Gasteiger partial charge in [-0.15, -0.1) is 0 Å². The zero-order valence-corrected chi connectivity index (χ0v) is 12.2. The SMILES string of the molecule is CC1CNCCN1Cc1cc(Cl)ccc1OCC(=O)O. The molecule has 0 aromatic heterocycles. The number of benzene rings is 1. The fourth-order valence-electron chi connectivity index (χ4n) is 2.29. The third-order valence-corrected chi connectivity index (χ3v) is 3.62. The Morgan fingerprint density at radius 2 is 2.40 bits per heavy atom. The molecule has 6 heteroatoms. The van der Waals surface area contributed by atoms with Crippen molar-refractivity contribution in [3.8, 4) is 5.75 Å². The average molecular weight is 299 g/mol. The van der Waals surface area contributed by atoms with E-state index in [2.05, 4.69) is 17.1 Å². The van der Waals surface area contributed by atoms with Crippen molar-refractivity contribution >= 4 is 17.6 Å². The molecule has 1 aromatic rings. The Bertz CT molecular complexity index is 481. The quantitative estimate of drug-likeness (QED) is 0.864. The molecule has 0 saturated carbocycles. The number of carboxylic acid groups (broad SMARTS) is 1. The van der Waals surface area contributed by atoms with Gasteiger partial charge in [0.2, 0.25) is 0 Å². The van der Waals surface area contributed by atoms with Gasteiger partial charge in [0.1, 0.15) is 5.75 Å². The first-order valence-corrected chi connectivity index (χ1v) is 7.02. The van der Waals surface area contributed by atoms with E-state index in [0.717, 1.165) is 25.2 Å². The van der Waals surface area contributed by atoms with E-state index in [4.69, 9.17) is 21.4 Å². The van der Waals surface area contributed by atoms with Gasteiger partial charge in [-0.2, -0.15) is 0 Å². The van der Waals surface area contributed by atoms with Crippen LogP contribution in [0.2, 0.25) is 5.02 Å². The third-order valence-electron chi connectivity index (χ3n) is 3.39. The zero-order valence-electron chi connectivity index (χ0n) is 11.4. The molecule has 1 aliphatic rings. The maximum absolute atomic E-state index is 10.6. The van der Waals surface area contributed by atoms with Crippen LogP contribution in [0, 0.1) is 0 Å². The van der Waals surface area contributed by atoms with Gasteiger partial charge < -0.3 is 15.2 Å². The monoisotopic (exact) mass is 298 g/mol. The summed E-state index contributed by atoms with van der Waals surface area (Å²) in [4.78, 5) is 13.0. The first-order chi connectivity index (χ1) is 9.56. The minimum Gasteiger partial charge on any atom is -0.482 e. The molecule has 0 aliphatic carbocycles. The van der Waals surface area contributed by atoms with Crippen molar-refractivity contribution in [3.05, 3.63) is 28.8 Å². The molecule has 0 amide bonds. The van der Waals surface area contributed by atoms with Gasteiger partial charge in [0.05, 0.1) is 0 Å². The van der Waals surface area contributed by atoms with Crippen molar-refractivity contribution in [3.63, 3.8) is 0 Å². The molecule has 2 rings (SSSR count). The standard InChI is InChI=1S/C14H19ClN2O3/c1-10-7-16-4-5-17(10)8-11-6-12(15)2-3-13(11)20-9-14(18)19/h2-3,6,10,16H,4-5,7-9H2,1H3,(H,18,19). The summed E-state index contributed by atoms with van der Waals surface area (Å²) in [5, 5.41) is 12.7. The van der Waals surface area contributed by atoms with Gasteiger partial charge >= 0.3 is 5.97 Å². The van der Waals surface area contributed by atoms with Crippen LogP contribution < -0.4 is 10.1 Å². The van der Waals surface area contributed by atoms with Crippen LogP contribution in [0.15, 0.2) is 18.2 Å². The lowest BCUT2D eigenvalue weighted by Gasteiger charge is -2.34. The highest BCUT2D eigenvalue weighted by Gasteiger charge is 2.19. The average Bonchev–Trinajstić information content (AvgIpc) is 2.40. The minimum atomic E-state index is -0.985. The Hall–Kier alpha value is -1.30. The summed E-state index contributed by atoms with van der Waals surface area (Å²) in [6.07, 6.45) is 0. The van der Waals surface area contributed by atoms with Crippen LogP contribution in [0.25, 0.3) is 0 Å². The molecule has 1 aromatic carbocycles. The van der Waals surface area contributed by atoms with Gasteiger partial charge in [-0.1, -0.05) is 11.6 Å². The van der Waals surface area contributed by atoms with Crippen LogP contribution in [-0.2, 0) is 11.3 Å². The fourth-order valence-corrected chi connectivity index (χ4v) is 2.48. The lowest BCUT2D eigenvalue weighted by molar-refractivity contribution is -0.139. The van der Waals surface area contributed by atoms with E-state index in [-0.39, 0.29) is 6.61 Å². The highest BCUT2D eigenvalue weighted by atomic mass is 35.5. The number of hydrogen-bond acceptors (Lipinski definition) is 4. The van der Waals surface area contributed by atoms with Crippen molar-refractivity contribution in [1.82, 2.24) is 10.2 Å². The van der Waals surface area contributed by atoms with E-state index in [0.29, 0.717) is 23.4 Å². The van der Waals surface area contributed by atoms with Gasteiger partial charge in [-0.05, 0) is 25.1 Å². The van der Waals surface area contributed by atoms with Crippen LogP contribution in [0.4, 0.5) is 0 Å². The van der Waals surface area contributed by atoms with Crippen molar-refractivity contribution in [2.24, 2.45) is 0 Å². The molecular weight excluding hydrogens is 280 g/mol. The molecule has 2 N–H and O–H groups in total. The Morgan fingerprint density at radius 3 is 3.10 bits per heavy atom. The number of carbonyl (C=O) groups is 1. The molecule has 1 heterocycles. The molecule has 1 fully saturated rings. The molecular formula is C14H19ClN2O3. The number of piperazine rings is 1. The number of ether oxygens (including phenoxy) is 1. The summed E-state index contributed by atoms with van der Waals surface area (Å²) in [7, 11) is 0. The summed E-state index contributed by atoms with van der Waals surface area (Å²) < 4.78 is 5.33. The van der Waals surface area contributed by atoms with Gasteiger partial charge in [-0.3, -0.25) is 4.90 Å². The highest BCUT2D eigenvalue weighted by Crippen LogP contribution is 2.25. The molecule has 0 spiro atoms. The Morgan fingerprint density at radius 1 is 1.60 bits per heavy atom. The van der Waals surface area contributed by atoms with Gasteiger partial charge in [-0.25, -0.2) is 4.79 Å². The van der Waals surface area contributed by atoms with Crippen LogP contribution in [-0.4, -0.2) is 48.3 Å². The number of rotatable bonds is 5. The maximum Gasteiger partial charge on any atom is 0.341 e. The van der Waals surface area contributed by atoms with Gasteiger partial charge in [0.25, 0.3) is 0 Å². The number of nitrogens with zero attached hydrogens (tertiary/aromatic N) is 1. The van der Waals surface area contributed by atoms with Crippen LogP contribution in [0.1, 0.15) is 12.5 Å². The number of hydrogen-bond donors (Lipinski definition) is 2. The zero-order chi connectivity index (χ0) is 14.5. The molecule has 1 unspecified atom stereocenters. The van der Waals surface area contributed by atoms with Crippen molar-refractivity contribution in [1.29, 1.82) is 0 Å². The minimum absolute atomic E-state index is 0.342. The maximum atomic E-state index is 10.6. The van der Waals surface area contributed by atoms with E-state index in [1.54, 1.807) is 12.1 Å². The second-order valence-electron chi connectivity index (χ2n) is 4.96. The van der Waals surface area contributed by atoms with E-state index in [9.17, 15) is 4.79 Å². The third kappa shape index (κ3) is 4.10. The van der Waals surface area contributed by atoms with Crippen LogP contribution in [0.3, 0.4) is 0 Å². The Kier molecular flexibility index (Phi) is 5.23. The van der Waals surface area contributed by atoms with Gasteiger partial charge in [0, 0.05) is 42.8 Å². The molecule has 20 heavy (non-hydrogen) atoms. The van der Waals surface area contributed by atoms with Crippen molar-refractivity contribution in [2.75, 3.05) is 26.2 Å². The second kappa shape index (κ2) is 6.92. The van der Waals surface area contributed by atoms with Crippen LogP contribution >= 0.6 is 11.6 Å². The van der Waals surface area contributed by atoms with E-state index >= 15 is 0 Å². The molecule has 110 valence electrons. The first kappa shape index (κ1) is 15.1. The topological polar surface area (TPSA) is 61.8 Å². The number of nitrogens with one attached hydrogen (secondary N) is 1. The Labute approximate surface area is 123 Å². The predicted octanol–water partition coefficient (Wildman–Crippen LogP) is 1.60. The fraction of sp³-hybridized carbons (Fsp3) is 0.500.